The minimum Gasteiger partial charge on any atom is -0.486 e. The maximum absolute atomic E-state index is 6.09. The second kappa shape index (κ2) is 5.46. The predicted molar refractivity (Wildman–Crippen MR) is 75.7 cm³/mol. The van der Waals surface area contributed by atoms with Crippen molar-refractivity contribution >= 4 is 5.69 Å². The minimum atomic E-state index is 0.576. The van der Waals surface area contributed by atoms with Gasteiger partial charge in [0.2, 0.25) is 0 Å². The first-order chi connectivity index (χ1) is 9.72. The molecule has 1 aromatic carbocycles. The van der Waals surface area contributed by atoms with Gasteiger partial charge in [0.25, 0.3) is 0 Å². The number of hydrogen-bond acceptors (Lipinski definition) is 5. The van der Waals surface area contributed by atoms with E-state index in [0.29, 0.717) is 13.2 Å². The summed E-state index contributed by atoms with van der Waals surface area (Å²) in [6.45, 7) is 2.71. The van der Waals surface area contributed by atoms with E-state index in [4.69, 9.17) is 19.6 Å². The van der Waals surface area contributed by atoms with Gasteiger partial charge >= 0.3 is 0 Å². The lowest BCUT2D eigenvalue weighted by atomic mass is 10.1. The van der Waals surface area contributed by atoms with Crippen molar-refractivity contribution < 1.29 is 13.9 Å². The average molecular weight is 274 g/mol. The summed E-state index contributed by atoms with van der Waals surface area (Å²) in [5.41, 5.74) is 9.00. The summed E-state index contributed by atoms with van der Waals surface area (Å²) in [4.78, 5) is 2.17. The normalized spacial score (nSPS) is 13.7. The van der Waals surface area contributed by atoms with Crippen LogP contribution in [0.1, 0.15) is 11.1 Å². The molecule has 1 aromatic heterocycles. The molecule has 1 aliphatic rings. The van der Waals surface area contributed by atoms with Crippen LogP contribution in [-0.2, 0) is 13.1 Å². The number of nitrogens with two attached hydrogens (primary N) is 1. The van der Waals surface area contributed by atoms with E-state index < -0.39 is 0 Å². The molecule has 2 heterocycles. The van der Waals surface area contributed by atoms with Crippen molar-refractivity contribution in [2.75, 3.05) is 26.0 Å². The standard InChI is InChI=1S/C15H18N2O3/c1-17(8-11-2-3-18-10-11)9-12-6-14-15(7-13(12)16)20-5-4-19-14/h2-3,6-7,10H,4-5,8-9,16H2,1H3. The quantitative estimate of drug-likeness (QED) is 0.867. The van der Waals surface area contributed by atoms with Crippen molar-refractivity contribution in [3.05, 3.63) is 41.9 Å². The number of ether oxygens (including phenoxy) is 2. The van der Waals surface area contributed by atoms with Crippen LogP contribution >= 0.6 is 0 Å². The number of anilines is 1. The molecule has 0 saturated heterocycles. The largest absolute Gasteiger partial charge is 0.486 e. The topological polar surface area (TPSA) is 60.9 Å². The predicted octanol–water partition coefficient (Wildman–Crippen LogP) is 2.26. The third-order valence-electron chi connectivity index (χ3n) is 3.28. The zero-order valence-corrected chi connectivity index (χ0v) is 11.5. The number of nitrogen functional groups attached to an aromatic ring is 1. The Bertz CT molecular complexity index is 581. The third-order valence-corrected chi connectivity index (χ3v) is 3.28. The van der Waals surface area contributed by atoms with E-state index in [1.54, 1.807) is 12.5 Å². The molecule has 2 aromatic rings. The minimum absolute atomic E-state index is 0.576. The van der Waals surface area contributed by atoms with Gasteiger partial charge in [0.15, 0.2) is 11.5 Å². The van der Waals surface area contributed by atoms with Crippen LogP contribution in [0.4, 0.5) is 5.69 Å². The molecular weight excluding hydrogens is 256 g/mol. The maximum atomic E-state index is 6.09. The smallest absolute Gasteiger partial charge is 0.163 e. The van der Waals surface area contributed by atoms with Crippen LogP contribution in [0.2, 0.25) is 0 Å². The lowest BCUT2D eigenvalue weighted by Crippen LogP contribution is -2.19. The van der Waals surface area contributed by atoms with Crippen molar-refractivity contribution in [1.29, 1.82) is 0 Å². The van der Waals surface area contributed by atoms with E-state index in [1.807, 2.05) is 25.2 Å². The fourth-order valence-electron chi connectivity index (χ4n) is 2.32. The van der Waals surface area contributed by atoms with Crippen LogP contribution in [0, 0.1) is 0 Å². The summed E-state index contributed by atoms with van der Waals surface area (Å²) in [6, 6.07) is 5.77. The first-order valence-electron chi connectivity index (χ1n) is 6.60. The van der Waals surface area contributed by atoms with E-state index in [9.17, 15) is 0 Å². The van der Waals surface area contributed by atoms with E-state index in [-0.39, 0.29) is 0 Å². The number of furan rings is 1. The van der Waals surface area contributed by atoms with Gasteiger partial charge in [-0.15, -0.1) is 0 Å². The average Bonchev–Trinajstić information content (AvgIpc) is 2.92. The zero-order chi connectivity index (χ0) is 13.9. The molecule has 0 atom stereocenters. The molecule has 0 amide bonds. The Hall–Kier alpha value is -2.14. The summed E-state index contributed by atoms with van der Waals surface area (Å²) < 4.78 is 16.2. The van der Waals surface area contributed by atoms with Gasteiger partial charge in [-0.1, -0.05) is 0 Å². The Morgan fingerprint density at radius 2 is 1.90 bits per heavy atom. The van der Waals surface area contributed by atoms with Gasteiger partial charge in [-0.2, -0.15) is 0 Å². The summed E-state index contributed by atoms with van der Waals surface area (Å²) in [5, 5.41) is 0. The molecule has 0 spiro atoms. The van der Waals surface area contributed by atoms with Crippen LogP contribution in [0.3, 0.4) is 0 Å². The number of nitrogens with zero attached hydrogens (tertiary/aromatic N) is 1. The lowest BCUT2D eigenvalue weighted by Gasteiger charge is -2.22. The summed E-state index contributed by atoms with van der Waals surface area (Å²) in [7, 11) is 2.04. The van der Waals surface area contributed by atoms with Gasteiger partial charge in [0, 0.05) is 30.4 Å². The highest BCUT2D eigenvalue weighted by Crippen LogP contribution is 2.34. The molecule has 0 fully saturated rings. The van der Waals surface area contributed by atoms with Gasteiger partial charge in [-0.3, -0.25) is 4.90 Å². The first kappa shape index (κ1) is 12.9. The molecule has 0 unspecified atom stereocenters. The van der Waals surface area contributed by atoms with E-state index >= 15 is 0 Å². The van der Waals surface area contributed by atoms with Crippen molar-refractivity contribution in [1.82, 2.24) is 4.90 Å². The molecule has 2 N–H and O–H groups in total. The Morgan fingerprint density at radius 1 is 1.15 bits per heavy atom. The molecule has 20 heavy (non-hydrogen) atoms. The highest BCUT2D eigenvalue weighted by Gasteiger charge is 2.15. The molecule has 1 aliphatic heterocycles. The summed E-state index contributed by atoms with van der Waals surface area (Å²) >= 11 is 0. The fourth-order valence-corrected chi connectivity index (χ4v) is 2.32. The van der Waals surface area contributed by atoms with Gasteiger partial charge in [-0.25, -0.2) is 0 Å². The number of benzene rings is 1. The molecule has 0 saturated carbocycles. The van der Waals surface area contributed by atoms with Gasteiger partial charge in [0.1, 0.15) is 13.2 Å². The number of fused-ring (bicyclic) bond motifs is 1. The van der Waals surface area contributed by atoms with Gasteiger partial charge in [-0.05, 0) is 24.7 Å². The number of hydrogen-bond donors (Lipinski definition) is 1. The van der Waals surface area contributed by atoms with Crippen LogP contribution in [0.25, 0.3) is 0 Å². The summed E-state index contributed by atoms with van der Waals surface area (Å²) in [6.07, 6.45) is 3.44. The first-order valence-corrected chi connectivity index (χ1v) is 6.60. The molecule has 0 radical (unpaired) electrons. The second-order valence-electron chi connectivity index (χ2n) is 5.00. The molecule has 106 valence electrons. The Morgan fingerprint density at radius 3 is 2.60 bits per heavy atom. The number of rotatable bonds is 4. The van der Waals surface area contributed by atoms with E-state index in [2.05, 4.69) is 4.90 Å². The zero-order valence-electron chi connectivity index (χ0n) is 11.5. The molecule has 5 heteroatoms. The fraction of sp³-hybridized carbons (Fsp3) is 0.333. The second-order valence-corrected chi connectivity index (χ2v) is 5.00. The lowest BCUT2D eigenvalue weighted by molar-refractivity contribution is 0.171. The molecule has 5 nitrogen and oxygen atoms in total. The van der Waals surface area contributed by atoms with Gasteiger partial charge < -0.3 is 19.6 Å². The molecule has 3 rings (SSSR count). The highest BCUT2D eigenvalue weighted by atomic mass is 16.6. The Balaban J connectivity index is 1.73. The van der Waals surface area contributed by atoms with Crippen molar-refractivity contribution in [2.24, 2.45) is 0 Å². The highest BCUT2D eigenvalue weighted by molar-refractivity contribution is 5.58. The van der Waals surface area contributed by atoms with Crippen molar-refractivity contribution in [3.63, 3.8) is 0 Å². The third kappa shape index (κ3) is 2.72. The van der Waals surface area contributed by atoms with Gasteiger partial charge in [0.05, 0.1) is 12.5 Å². The SMILES string of the molecule is CN(Cc1ccoc1)Cc1cc2c(cc1N)OCCO2. The molecule has 0 aliphatic carbocycles. The van der Waals surface area contributed by atoms with Crippen molar-refractivity contribution in [3.8, 4) is 11.5 Å². The van der Waals surface area contributed by atoms with Crippen LogP contribution in [-0.4, -0.2) is 25.2 Å². The van der Waals surface area contributed by atoms with Crippen LogP contribution < -0.4 is 15.2 Å². The van der Waals surface area contributed by atoms with E-state index in [0.717, 1.165) is 41.4 Å². The maximum Gasteiger partial charge on any atom is 0.163 e. The summed E-state index contributed by atoms with van der Waals surface area (Å²) in [5.74, 6) is 1.51. The van der Waals surface area contributed by atoms with Crippen LogP contribution in [0.15, 0.2) is 35.1 Å². The monoisotopic (exact) mass is 274 g/mol. The Labute approximate surface area is 117 Å². The van der Waals surface area contributed by atoms with Crippen molar-refractivity contribution in [2.45, 2.75) is 13.1 Å². The van der Waals surface area contributed by atoms with Crippen LogP contribution in [0.5, 0.6) is 11.5 Å². The van der Waals surface area contributed by atoms with E-state index in [1.165, 1.54) is 0 Å². The molecular formula is C15H18N2O3. The Kier molecular flexibility index (Phi) is 3.52. The molecule has 0 bridgehead atoms.